The lowest BCUT2D eigenvalue weighted by Gasteiger charge is -2.29. The molecule has 0 saturated carbocycles. The summed E-state index contributed by atoms with van der Waals surface area (Å²) in [5.74, 6) is 0. The fraction of sp³-hybridized carbons (Fsp3) is 0.500. The average molecular weight is 293 g/mol. The summed E-state index contributed by atoms with van der Waals surface area (Å²) in [6.45, 7) is 2.04. The van der Waals surface area contributed by atoms with Crippen LogP contribution in [0, 0.1) is 10.1 Å². The van der Waals surface area contributed by atoms with Crippen LogP contribution in [0.2, 0.25) is 0 Å². The number of likely N-dealkylation sites (tertiary alicyclic amines) is 1. The normalized spacial score (nSPS) is 16.4. The molecule has 1 aromatic rings. The third-order valence-electron chi connectivity index (χ3n) is 3.56. The zero-order valence-electron chi connectivity index (χ0n) is 11.9. The largest absolute Gasteiger partial charge is 0.445 e. The van der Waals surface area contributed by atoms with Crippen LogP contribution in [-0.2, 0) is 11.3 Å². The Labute approximate surface area is 123 Å². The molecule has 0 bridgehead atoms. The molecule has 0 spiro atoms. The highest BCUT2D eigenvalue weighted by Crippen LogP contribution is 2.13. The molecule has 1 saturated heterocycles. The molecule has 7 nitrogen and oxygen atoms in total. The predicted molar refractivity (Wildman–Crippen MR) is 76.9 cm³/mol. The molecule has 0 aromatic heterocycles. The van der Waals surface area contributed by atoms with Gasteiger partial charge in [-0.15, -0.1) is 0 Å². The van der Waals surface area contributed by atoms with E-state index in [9.17, 15) is 14.9 Å². The van der Waals surface area contributed by atoms with Crippen LogP contribution in [0.15, 0.2) is 24.3 Å². The highest BCUT2D eigenvalue weighted by atomic mass is 16.6. The molecule has 1 N–H and O–H groups in total. The summed E-state index contributed by atoms with van der Waals surface area (Å²) >= 11 is 0. The summed E-state index contributed by atoms with van der Waals surface area (Å²) in [6.07, 6.45) is 1.40. The Morgan fingerprint density at radius 1 is 1.38 bits per heavy atom. The monoisotopic (exact) mass is 293 g/mol. The van der Waals surface area contributed by atoms with Gasteiger partial charge in [-0.25, -0.2) is 4.79 Å². The van der Waals surface area contributed by atoms with Crippen molar-refractivity contribution >= 4 is 11.8 Å². The molecular weight excluding hydrogens is 274 g/mol. The fourth-order valence-electron chi connectivity index (χ4n) is 2.22. The van der Waals surface area contributed by atoms with Crippen LogP contribution >= 0.6 is 0 Å². The quantitative estimate of drug-likeness (QED) is 0.677. The fourth-order valence-corrected chi connectivity index (χ4v) is 2.22. The Balaban J connectivity index is 1.74. The van der Waals surface area contributed by atoms with Crippen LogP contribution < -0.4 is 5.32 Å². The first-order valence-corrected chi connectivity index (χ1v) is 6.90. The van der Waals surface area contributed by atoms with Crippen molar-refractivity contribution in [2.75, 3.05) is 20.1 Å². The molecule has 1 aliphatic rings. The van der Waals surface area contributed by atoms with Crippen molar-refractivity contribution in [2.45, 2.75) is 25.5 Å². The lowest BCUT2D eigenvalue weighted by Crippen LogP contribution is -2.43. The average Bonchev–Trinajstić information content (AvgIpc) is 2.48. The molecule has 1 fully saturated rings. The Bertz CT molecular complexity index is 495. The van der Waals surface area contributed by atoms with E-state index in [1.54, 1.807) is 12.1 Å². The number of nitro groups is 1. The van der Waals surface area contributed by atoms with Gasteiger partial charge in [0.25, 0.3) is 5.69 Å². The number of nitrogens with zero attached hydrogens (tertiary/aromatic N) is 2. The number of ether oxygens (including phenoxy) is 1. The number of benzene rings is 1. The summed E-state index contributed by atoms with van der Waals surface area (Å²) in [4.78, 5) is 24.0. The van der Waals surface area contributed by atoms with E-state index in [2.05, 4.69) is 17.3 Å². The Hall–Kier alpha value is -2.15. The van der Waals surface area contributed by atoms with Crippen LogP contribution in [0.25, 0.3) is 0 Å². The zero-order valence-corrected chi connectivity index (χ0v) is 11.9. The van der Waals surface area contributed by atoms with Crippen molar-refractivity contribution < 1.29 is 14.5 Å². The van der Waals surface area contributed by atoms with Crippen LogP contribution in [0.3, 0.4) is 0 Å². The smallest absolute Gasteiger partial charge is 0.407 e. The highest BCUT2D eigenvalue weighted by Gasteiger charge is 2.18. The molecule has 0 aliphatic carbocycles. The van der Waals surface area contributed by atoms with Crippen molar-refractivity contribution in [1.82, 2.24) is 10.2 Å². The molecule has 1 aromatic carbocycles. The second-order valence-corrected chi connectivity index (χ2v) is 5.22. The maximum atomic E-state index is 11.7. The Morgan fingerprint density at radius 2 is 2.00 bits per heavy atom. The zero-order chi connectivity index (χ0) is 15.2. The van der Waals surface area contributed by atoms with E-state index in [1.165, 1.54) is 12.1 Å². The van der Waals surface area contributed by atoms with E-state index >= 15 is 0 Å². The number of non-ortho nitro benzene ring substituents is 1. The van der Waals surface area contributed by atoms with Gasteiger partial charge in [-0.3, -0.25) is 10.1 Å². The van der Waals surface area contributed by atoms with E-state index in [1.807, 2.05) is 0 Å². The van der Waals surface area contributed by atoms with Gasteiger partial charge in [0.05, 0.1) is 4.92 Å². The molecule has 21 heavy (non-hydrogen) atoms. The second-order valence-electron chi connectivity index (χ2n) is 5.22. The molecule has 114 valence electrons. The Morgan fingerprint density at radius 3 is 2.57 bits per heavy atom. The van der Waals surface area contributed by atoms with Crippen LogP contribution in [-0.4, -0.2) is 42.1 Å². The minimum absolute atomic E-state index is 0.0227. The van der Waals surface area contributed by atoms with Gasteiger partial charge < -0.3 is 15.0 Å². The molecule has 1 aliphatic heterocycles. The standard InChI is InChI=1S/C14H19N3O4/c1-16-8-6-12(7-9-16)15-14(18)21-10-11-2-4-13(5-3-11)17(19)20/h2-5,12H,6-10H2,1H3,(H,15,18). The SMILES string of the molecule is CN1CCC(NC(=O)OCc2ccc([N+](=O)[O-])cc2)CC1. The van der Waals surface area contributed by atoms with Gasteiger partial charge in [0, 0.05) is 18.2 Å². The topological polar surface area (TPSA) is 84.7 Å². The van der Waals surface area contributed by atoms with E-state index in [0.717, 1.165) is 31.5 Å². The number of piperidine rings is 1. The van der Waals surface area contributed by atoms with Crippen LogP contribution in [0.1, 0.15) is 18.4 Å². The van der Waals surface area contributed by atoms with E-state index < -0.39 is 11.0 Å². The molecular formula is C14H19N3O4. The maximum absolute atomic E-state index is 11.7. The molecule has 1 heterocycles. The van der Waals surface area contributed by atoms with Gasteiger partial charge in [0.15, 0.2) is 0 Å². The van der Waals surface area contributed by atoms with Gasteiger partial charge >= 0.3 is 6.09 Å². The first-order chi connectivity index (χ1) is 10.0. The molecule has 0 unspecified atom stereocenters. The Kier molecular flexibility index (Phi) is 5.10. The minimum atomic E-state index is -0.461. The lowest BCUT2D eigenvalue weighted by molar-refractivity contribution is -0.384. The summed E-state index contributed by atoms with van der Waals surface area (Å²) < 4.78 is 5.12. The number of nitrogens with one attached hydrogen (secondary N) is 1. The number of carbonyl (C=O) groups excluding carboxylic acids is 1. The van der Waals surface area contributed by atoms with Gasteiger partial charge in [0.2, 0.25) is 0 Å². The van der Waals surface area contributed by atoms with Crippen LogP contribution in [0.5, 0.6) is 0 Å². The van der Waals surface area contributed by atoms with Crippen molar-refractivity contribution in [3.05, 3.63) is 39.9 Å². The summed E-state index contributed by atoms with van der Waals surface area (Å²) in [7, 11) is 2.06. The van der Waals surface area contributed by atoms with Crippen molar-refractivity contribution in [3.63, 3.8) is 0 Å². The molecule has 1 amide bonds. The molecule has 0 atom stereocenters. The third-order valence-corrected chi connectivity index (χ3v) is 3.56. The van der Waals surface area contributed by atoms with E-state index in [4.69, 9.17) is 4.74 Å². The number of carbonyl (C=O) groups is 1. The molecule has 2 rings (SSSR count). The van der Waals surface area contributed by atoms with Gasteiger partial charge in [-0.2, -0.15) is 0 Å². The first-order valence-electron chi connectivity index (χ1n) is 6.90. The first kappa shape index (κ1) is 15.2. The predicted octanol–water partition coefficient (Wildman–Crippen LogP) is 1.92. The summed E-state index contributed by atoms with van der Waals surface area (Å²) in [5.41, 5.74) is 0.744. The molecule has 0 radical (unpaired) electrons. The highest BCUT2D eigenvalue weighted by molar-refractivity contribution is 5.67. The minimum Gasteiger partial charge on any atom is -0.445 e. The summed E-state index contributed by atoms with van der Waals surface area (Å²) in [5, 5.41) is 13.4. The third kappa shape index (κ3) is 4.71. The number of nitro benzene ring substituents is 1. The van der Waals surface area contributed by atoms with Gasteiger partial charge in [-0.1, -0.05) is 0 Å². The lowest BCUT2D eigenvalue weighted by atomic mass is 10.1. The van der Waals surface area contributed by atoms with Gasteiger partial charge in [-0.05, 0) is 50.7 Å². The number of hydrogen-bond acceptors (Lipinski definition) is 5. The van der Waals surface area contributed by atoms with Crippen molar-refractivity contribution in [3.8, 4) is 0 Å². The van der Waals surface area contributed by atoms with E-state index in [-0.39, 0.29) is 18.3 Å². The number of hydrogen-bond donors (Lipinski definition) is 1. The number of rotatable bonds is 4. The number of amides is 1. The van der Waals surface area contributed by atoms with Crippen LogP contribution in [0.4, 0.5) is 10.5 Å². The van der Waals surface area contributed by atoms with Crippen molar-refractivity contribution in [2.24, 2.45) is 0 Å². The number of alkyl carbamates (subject to hydrolysis) is 1. The van der Waals surface area contributed by atoms with Gasteiger partial charge in [0.1, 0.15) is 6.61 Å². The summed E-state index contributed by atoms with van der Waals surface area (Å²) in [6, 6.07) is 6.12. The second kappa shape index (κ2) is 7.03. The van der Waals surface area contributed by atoms with E-state index in [0.29, 0.717) is 0 Å². The van der Waals surface area contributed by atoms with Crippen molar-refractivity contribution in [1.29, 1.82) is 0 Å². The maximum Gasteiger partial charge on any atom is 0.407 e. The molecule has 7 heteroatoms.